The predicted octanol–water partition coefficient (Wildman–Crippen LogP) is 4.99. The maximum atomic E-state index is 3.52. The summed E-state index contributed by atoms with van der Waals surface area (Å²) in [6, 6.07) is 12.9. The highest BCUT2D eigenvalue weighted by molar-refractivity contribution is 9.10. The smallest absolute Gasteiger partial charge is 0.0403 e. The summed E-state index contributed by atoms with van der Waals surface area (Å²) in [5.41, 5.74) is 6.39. The molecule has 2 rings (SSSR count). The number of anilines is 1. The lowest BCUT2D eigenvalue weighted by molar-refractivity contribution is 1.12. The number of nitrogens with one attached hydrogen (secondary N) is 1. The van der Waals surface area contributed by atoms with Gasteiger partial charge < -0.3 is 5.32 Å². The Labute approximate surface area is 117 Å². The lowest BCUT2D eigenvalue weighted by atomic mass is 10.1. The molecule has 1 nitrogen and oxygen atoms in total. The van der Waals surface area contributed by atoms with E-state index in [1.807, 2.05) is 0 Å². The van der Waals surface area contributed by atoms with E-state index >= 15 is 0 Å². The molecule has 0 aliphatic rings. The van der Waals surface area contributed by atoms with Crippen molar-refractivity contribution >= 4 is 21.6 Å². The van der Waals surface area contributed by atoms with Gasteiger partial charge in [-0.1, -0.05) is 45.8 Å². The van der Waals surface area contributed by atoms with Gasteiger partial charge in [-0.3, -0.25) is 0 Å². The molecular formula is C16H18BrN. The van der Waals surface area contributed by atoms with Crippen molar-refractivity contribution in [3.05, 3.63) is 63.1 Å². The fourth-order valence-corrected chi connectivity index (χ4v) is 2.77. The highest BCUT2D eigenvalue weighted by atomic mass is 79.9. The van der Waals surface area contributed by atoms with Crippen molar-refractivity contribution in [1.29, 1.82) is 0 Å². The monoisotopic (exact) mass is 303 g/mol. The molecule has 0 heterocycles. The van der Waals surface area contributed by atoms with Crippen LogP contribution in [0, 0.1) is 20.8 Å². The fraction of sp³-hybridized carbons (Fsp3) is 0.250. The van der Waals surface area contributed by atoms with E-state index in [1.54, 1.807) is 0 Å². The van der Waals surface area contributed by atoms with Crippen molar-refractivity contribution in [2.45, 2.75) is 27.3 Å². The topological polar surface area (TPSA) is 12.0 Å². The van der Waals surface area contributed by atoms with Crippen molar-refractivity contribution in [3.8, 4) is 0 Å². The second-order valence-corrected chi connectivity index (χ2v) is 5.67. The molecule has 0 aromatic heterocycles. The SMILES string of the molecule is Cc1ccc(CNc2c(C)cc(Br)cc2C)cc1. The number of hydrogen-bond acceptors (Lipinski definition) is 1. The fourth-order valence-electron chi connectivity index (χ4n) is 2.09. The zero-order valence-electron chi connectivity index (χ0n) is 11.0. The molecular weight excluding hydrogens is 286 g/mol. The van der Waals surface area contributed by atoms with Crippen LogP contribution in [0.2, 0.25) is 0 Å². The molecule has 2 heteroatoms. The first kappa shape index (κ1) is 13.2. The van der Waals surface area contributed by atoms with Crippen LogP contribution in [0.1, 0.15) is 22.3 Å². The van der Waals surface area contributed by atoms with Crippen LogP contribution in [0.4, 0.5) is 5.69 Å². The molecule has 0 saturated carbocycles. The minimum absolute atomic E-state index is 0.865. The molecule has 18 heavy (non-hydrogen) atoms. The third-order valence-corrected chi connectivity index (χ3v) is 3.55. The molecule has 0 aliphatic carbocycles. The van der Waals surface area contributed by atoms with Gasteiger partial charge in [-0.25, -0.2) is 0 Å². The Bertz CT molecular complexity index is 521. The highest BCUT2D eigenvalue weighted by Gasteiger charge is 2.03. The molecule has 0 fully saturated rings. The van der Waals surface area contributed by atoms with E-state index in [0.717, 1.165) is 11.0 Å². The molecule has 94 valence electrons. The molecule has 0 radical (unpaired) electrons. The largest absolute Gasteiger partial charge is 0.381 e. The molecule has 0 spiro atoms. The lowest BCUT2D eigenvalue weighted by Gasteiger charge is -2.13. The van der Waals surface area contributed by atoms with E-state index < -0.39 is 0 Å². The van der Waals surface area contributed by atoms with E-state index in [0.29, 0.717) is 0 Å². The Balaban J connectivity index is 2.13. The Hall–Kier alpha value is -1.28. The van der Waals surface area contributed by atoms with Gasteiger partial charge in [0.15, 0.2) is 0 Å². The molecule has 0 bridgehead atoms. The van der Waals surface area contributed by atoms with Crippen LogP contribution >= 0.6 is 15.9 Å². The highest BCUT2D eigenvalue weighted by Crippen LogP contribution is 2.25. The van der Waals surface area contributed by atoms with Gasteiger partial charge >= 0.3 is 0 Å². The normalized spacial score (nSPS) is 10.4. The van der Waals surface area contributed by atoms with Gasteiger partial charge in [-0.2, -0.15) is 0 Å². The number of aryl methyl sites for hydroxylation is 3. The Morgan fingerprint density at radius 3 is 2.06 bits per heavy atom. The Morgan fingerprint density at radius 1 is 0.944 bits per heavy atom. The molecule has 2 aromatic carbocycles. The summed E-state index contributed by atoms with van der Waals surface area (Å²) in [6.45, 7) is 7.24. The summed E-state index contributed by atoms with van der Waals surface area (Å²) in [4.78, 5) is 0. The second kappa shape index (κ2) is 5.57. The van der Waals surface area contributed by atoms with Crippen LogP contribution in [-0.4, -0.2) is 0 Å². The molecule has 0 atom stereocenters. The van der Waals surface area contributed by atoms with Crippen molar-refractivity contribution < 1.29 is 0 Å². The van der Waals surface area contributed by atoms with Gasteiger partial charge in [0, 0.05) is 16.7 Å². The third-order valence-electron chi connectivity index (χ3n) is 3.09. The number of halogens is 1. The predicted molar refractivity (Wildman–Crippen MR) is 82.1 cm³/mol. The first-order valence-electron chi connectivity index (χ1n) is 6.12. The molecule has 2 aromatic rings. The van der Waals surface area contributed by atoms with E-state index in [1.165, 1.54) is 27.9 Å². The quantitative estimate of drug-likeness (QED) is 0.842. The second-order valence-electron chi connectivity index (χ2n) is 4.75. The third kappa shape index (κ3) is 3.14. The number of benzene rings is 2. The number of rotatable bonds is 3. The van der Waals surface area contributed by atoms with Gasteiger partial charge in [0.1, 0.15) is 0 Å². The van der Waals surface area contributed by atoms with Gasteiger partial charge in [0.25, 0.3) is 0 Å². The van der Waals surface area contributed by atoms with E-state index in [4.69, 9.17) is 0 Å². The average molecular weight is 304 g/mol. The summed E-state index contributed by atoms with van der Waals surface area (Å²) in [7, 11) is 0. The summed E-state index contributed by atoms with van der Waals surface area (Å²) in [5, 5.41) is 3.52. The van der Waals surface area contributed by atoms with Crippen LogP contribution in [-0.2, 0) is 6.54 Å². The van der Waals surface area contributed by atoms with Gasteiger partial charge in [0.05, 0.1) is 0 Å². The van der Waals surface area contributed by atoms with Gasteiger partial charge in [-0.15, -0.1) is 0 Å². The maximum Gasteiger partial charge on any atom is 0.0403 e. The van der Waals surface area contributed by atoms with Crippen molar-refractivity contribution in [1.82, 2.24) is 0 Å². The molecule has 0 amide bonds. The van der Waals surface area contributed by atoms with Crippen LogP contribution in [0.5, 0.6) is 0 Å². The van der Waals surface area contributed by atoms with Crippen molar-refractivity contribution in [3.63, 3.8) is 0 Å². The first-order chi connectivity index (χ1) is 8.56. The Morgan fingerprint density at radius 2 is 1.50 bits per heavy atom. The minimum atomic E-state index is 0.865. The summed E-state index contributed by atoms with van der Waals surface area (Å²) >= 11 is 3.52. The summed E-state index contributed by atoms with van der Waals surface area (Å²) in [6.07, 6.45) is 0. The summed E-state index contributed by atoms with van der Waals surface area (Å²) < 4.78 is 1.14. The lowest BCUT2D eigenvalue weighted by Crippen LogP contribution is -2.03. The number of hydrogen-bond donors (Lipinski definition) is 1. The standard InChI is InChI=1S/C16H18BrN/c1-11-4-6-14(7-5-11)10-18-16-12(2)8-15(17)9-13(16)3/h4-9,18H,10H2,1-3H3. The maximum absolute atomic E-state index is 3.52. The molecule has 0 saturated heterocycles. The Kier molecular flexibility index (Phi) is 4.07. The van der Waals surface area contributed by atoms with Crippen LogP contribution in [0.25, 0.3) is 0 Å². The van der Waals surface area contributed by atoms with Crippen LogP contribution in [0.3, 0.4) is 0 Å². The summed E-state index contributed by atoms with van der Waals surface area (Å²) in [5.74, 6) is 0. The molecule has 0 unspecified atom stereocenters. The first-order valence-corrected chi connectivity index (χ1v) is 6.92. The van der Waals surface area contributed by atoms with E-state index in [2.05, 4.69) is 78.4 Å². The zero-order valence-corrected chi connectivity index (χ0v) is 12.6. The average Bonchev–Trinajstić information content (AvgIpc) is 2.30. The van der Waals surface area contributed by atoms with Crippen LogP contribution < -0.4 is 5.32 Å². The molecule has 0 aliphatic heterocycles. The minimum Gasteiger partial charge on any atom is -0.381 e. The molecule has 1 N–H and O–H groups in total. The van der Waals surface area contributed by atoms with Gasteiger partial charge in [0.2, 0.25) is 0 Å². The van der Waals surface area contributed by atoms with Crippen molar-refractivity contribution in [2.24, 2.45) is 0 Å². The van der Waals surface area contributed by atoms with E-state index in [9.17, 15) is 0 Å². The zero-order chi connectivity index (χ0) is 13.1. The van der Waals surface area contributed by atoms with Crippen molar-refractivity contribution in [2.75, 3.05) is 5.32 Å². The van der Waals surface area contributed by atoms with Crippen LogP contribution in [0.15, 0.2) is 40.9 Å². The van der Waals surface area contributed by atoms with E-state index in [-0.39, 0.29) is 0 Å². The van der Waals surface area contributed by atoms with Gasteiger partial charge in [-0.05, 0) is 49.6 Å².